The largest absolute Gasteiger partial charge is 0.287 e. The van der Waals surface area contributed by atoms with Gasteiger partial charge in [-0.15, -0.1) is 0 Å². The first-order valence-electron chi connectivity index (χ1n) is 6.89. The van der Waals surface area contributed by atoms with E-state index >= 15 is 0 Å². The number of hydrogen-bond donors (Lipinski definition) is 0. The van der Waals surface area contributed by atoms with Gasteiger partial charge in [0.25, 0.3) is 5.91 Å². The Kier molecular flexibility index (Phi) is 4.29. The van der Waals surface area contributed by atoms with E-state index in [4.69, 9.17) is 0 Å². The highest BCUT2D eigenvalue weighted by molar-refractivity contribution is 8.18. The van der Waals surface area contributed by atoms with Crippen molar-refractivity contribution in [1.82, 2.24) is 14.9 Å². The van der Waals surface area contributed by atoms with Crippen molar-refractivity contribution >= 4 is 34.7 Å². The number of carbonyl (C=O) groups excluding carboxylic acids is 1. The predicted molar refractivity (Wildman–Crippen MR) is 88.5 cm³/mol. The standard InChI is InChI=1S/C16H14N4OS/c1-2-20-15(21)13(10-12-6-5-8-17-11-12)22-16(20)19-14-7-3-4-9-18-14/h3-11H,2H2,1H3/b13-10-,19-16+. The molecule has 0 spiro atoms. The minimum Gasteiger partial charge on any atom is -0.287 e. The van der Waals surface area contributed by atoms with Gasteiger partial charge in [0, 0.05) is 25.1 Å². The summed E-state index contributed by atoms with van der Waals surface area (Å²) >= 11 is 1.36. The Labute approximate surface area is 132 Å². The third-order valence-electron chi connectivity index (χ3n) is 3.05. The quantitative estimate of drug-likeness (QED) is 0.817. The zero-order valence-electron chi connectivity index (χ0n) is 12.0. The van der Waals surface area contributed by atoms with Crippen molar-refractivity contribution in [2.24, 2.45) is 4.99 Å². The number of amidine groups is 1. The fourth-order valence-corrected chi connectivity index (χ4v) is 3.05. The molecule has 0 atom stereocenters. The molecular formula is C16H14N4OS. The minimum absolute atomic E-state index is 0.0361. The second-order valence-electron chi connectivity index (χ2n) is 4.53. The number of thioether (sulfide) groups is 1. The van der Waals surface area contributed by atoms with E-state index in [1.807, 2.05) is 43.3 Å². The van der Waals surface area contributed by atoms with Crippen molar-refractivity contribution < 1.29 is 4.79 Å². The van der Waals surface area contributed by atoms with Gasteiger partial charge in [-0.3, -0.25) is 14.7 Å². The molecule has 3 rings (SSSR count). The molecule has 0 unspecified atom stereocenters. The summed E-state index contributed by atoms with van der Waals surface area (Å²) in [6, 6.07) is 9.28. The molecule has 1 saturated heterocycles. The Bertz CT molecular complexity index is 728. The van der Waals surface area contributed by atoms with Gasteiger partial charge in [-0.05, 0) is 48.5 Å². The summed E-state index contributed by atoms with van der Waals surface area (Å²) in [7, 11) is 0. The Morgan fingerprint density at radius 2 is 2.18 bits per heavy atom. The predicted octanol–water partition coefficient (Wildman–Crippen LogP) is 3.10. The van der Waals surface area contributed by atoms with Gasteiger partial charge in [0.2, 0.25) is 0 Å². The molecule has 1 aliphatic heterocycles. The molecule has 110 valence electrons. The number of likely N-dealkylation sites (N-methyl/N-ethyl adjacent to an activating group) is 1. The van der Waals surface area contributed by atoms with Gasteiger partial charge in [0.05, 0.1) is 4.91 Å². The van der Waals surface area contributed by atoms with Crippen LogP contribution in [0.25, 0.3) is 6.08 Å². The lowest BCUT2D eigenvalue weighted by atomic mass is 10.2. The van der Waals surface area contributed by atoms with Crippen molar-refractivity contribution in [3.05, 3.63) is 59.4 Å². The van der Waals surface area contributed by atoms with Crippen LogP contribution in [0.4, 0.5) is 5.82 Å². The minimum atomic E-state index is -0.0361. The van der Waals surface area contributed by atoms with Crippen molar-refractivity contribution in [3.8, 4) is 0 Å². The molecule has 1 fully saturated rings. The van der Waals surface area contributed by atoms with E-state index in [1.54, 1.807) is 23.5 Å². The average Bonchev–Trinajstić information content (AvgIpc) is 2.84. The SMILES string of the molecule is CCN1C(=O)/C(=C/c2cccnc2)S/C1=N/c1ccccn1. The first-order valence-corrected chi connectivity index (χ1v) is 7.70. The third-order valence-corrected chi connectivity index (χ3v) is 4.05. The fraction of sp³-hybridized carbons (Fsp3) is 0.125. The highest BCUT2D eigenvalue weighted by Crippen LogP contribution is 2.33. The van der Waals surface area contributed by atoms with Crippen LogP contribution in [0.1, 0.15) is 12.5 Å². The molecule has 2 aromatic rings. The van der Waals surface area contributed by atoms with Crippen LogP contribution < -0.4 is 0 Å². The number of rotatable bonds is 3. The smallest absolute Gasteiger partial charge is 0.266 e. The molecule has 0 radical (unpaired) electrons. The van der Waals surface area contributed by atoms with Gasteiger partial charge in [0.15, 0.2) is 11.0 Å². The lowest BCUT2D eigenvalue weighted by Gasteiger charge is -2.11. The van der Waals surface area contributed by atoms with E-state index in [0.717, 1.165) is 5.56 Å². The Hall–Kier alpha value is -2.47. The van der Waals surface area contributed by atoms with Crippen LogP contribution in [-0.2, 0) is 4.79 Å². The number of nitrogens with zero attached hydrogens (tertiary/aromatic N) is 4. The molecule has 6 heteroatoms. The van der Waals surface area contributed by atoms with Crippen molar-refractivity contribution in [2.75, 3.05) is 6.54 Å². The van der Waals surface area contributed by atoms with Crippen LogP contribution in [0.3, 0.4) is 0 Å². The van der Waals surface area contributed by atoms with Crippen LogP contribution in [0.2, 0.25) is 0 Å². The summed E-state index contributed by atoms with van der Waals surface area (Å²) in [4.78, 5) is 27.5. The van der Waals surface area contributed by atoms with Gasteiger partial charge in [-0.2, -0.15) is 0 Å². The number of amides is 1. The zero-order valence-corrected chi connectivity index (χ0v) is 12.8. The van der Waals surface area contributed by atoms with Crippen LogP contribution in [0.15, 0.2) is 58.8 Å². The van der Waals surface area contributed by atoms with Gasteiger partial charge >= 0.3 is 0 Å². The van der Waals surface area contributed by atoms with Gasteiger partial charge in [-0.1, -0.05) is 12.1 Å². The second-order valence-corrected chi connectivity index (χ2v) is 5.54. The molecule has 0 N–H and O–H groups in total. The van der Waals surface area contributed by atoms with Crippen LogP contribution >= 0.6 is 11.8 Å². The van der Waals surface area contributed by atoms with Crippen molar-refractivity contribution in [2.45, 2.75) is 6.92 Å². The third kappa shape index (κ3) is 3.07. The fourth-order valence-electron chi connectivity index (χ4n) is 2.00. The highest BCUT2D eigenvalue weighted by atomic mass is 32.2. The Balaban J connectivity index is 1.92. The zero-order chi connectivity index (χ0) is 15.4. The van der Waals surface area contributed by atoms with Gasteiger partial charge < -0.3 is 0 Å². The van der Waals surface area contributed by atoms with E-state index in [9.17, 15) is 4.79 Å². The van der Waals surface area contributed by atoms with Crippen molar-refractivity contribution in [3.63, 3.8) is 0 Å². The maximum absolute atomic E-state index is 12.5. The monoisotopic (exact) mass is 310 g/mol. The maximum Gasteiger partial charge on any atom is 0.266 e. The van der Waals surface area contributed by atoms with Crippen LogP contribution in [-0.4, -0.2) is 32.5 Å². The lowest BCUT2D eigenvalue weighted by molar-refractivity contribution is -0.122. The van der Waals surface area contributed by atoms with E-state index in [2.05, 4.69) is 15.0 Å². The van der Waals surface area contributed by atoms with E-state index in [-0.39, 0.29) is 5.91 Å². The van der Waals surface area contributed by atoms with E-state index in [0.29, 0.717) is 22.4 Å². The molecule has 0 bridgehead atoms. The maximum atomic E-state index is 12.5. The summed E-state index contributed by atoms with van der Waals surface area (Å²) in [5.41, 5.74) is 0.897. The molecule has 22 heavy (non-hydrogen) atoms. The molecule has 1 aliphatic rings. The summed E-state index contributed by atoms with van der Waals surface area (Å²) in [6.45, 7) is 2.50. The van der Waals surface area contributed by atoms with E-state index < -0.39 is 0 Å². The summed E-state index contributed by atoms with van der Waals surface area (Å²) < 4.78 is 0. The van der Waals surface area contributed by atoms with Crippen LogP contribution in [0.5, 0.6) is 0 Å². The normalized spacial score (nSPS) is 18.4. The summed E-state index contributed by atoms with van der Waals surface area (Å²) in [6.07, 6.45) is 6.95. The van der Waals surface area contributed by atoms with Crippen LogP contribution in [0, 0.1) is 0 Å². The number of aliphatic imine (C=N–C) groups is 1. The first kappa shape index (κ1) is 14.5. The van der Waals surface area contributed by atoms with Gasteiger partial charge in [-0.25, -0.2) is 9.98 Å². The molecule has 5 nitrogen and oxygen atoms in total. The second kappa shape index (κ2) is 6.53. The summed E-state index contributed by atoms with van der Waals surface area (Å²) in [5, 5.41) is 0.654. The lowest BCUT2D eigenvalue weighted by Crippen LogP contribution is -2.28. The van der Waals surface area contributed by atoms with Crippen molar-refractivity contribution in [1.29, 1.82) is 0 Å². The Morgan fingerprint density at radius 3 is 2.86 bits per heavy atom. The number of aromatic nitrogens is 2. The highest BCUT2D eigenvalue weighted by Gasteiger charge is 2.32. The number of hydrogen-bond acceptors (Lipinski definition) is 5. The number of carbonyl (C=O) groups is 1. The molecule has 0 aliphatic carbocycles. The average molecular weight is 310 g/mol. The molecular weight excluding hydrogens is 296 g/mol. The topological polar surface area (TPSA) is 58.5 Å². The molecule has 0 saturated carbocycles. The Morgan fingerprint density at radius 1 is 1.27 bits per heavy atom. The number of pyridine rings is 2. The molecule has 3 heterocycles. The summed E-state index contributed by atoms with van der Waals surface area (Å²) in [5.74, 6) is 0.560. The molecule has 2 aromatic heterocycles. The molecule has 1 amide bonds. The first-order chi connectivity index (χ1) is 10.8. The van der Waals surface area contributed by atoms with E-state index in [1.165, 1.54) is 11.8 Å². The van der Waals surface area contributed by atoms with Gasteiger partial charge in [0.1, 0.15) is 0 Å². The molecule has 0 aromatic carbocycles.